The smallest absolute Gasteiger partial charge is 0.293 e. The van der Waals surface area contributed by atoms with Crippen molar-refractivity contribution >= 4 is 6.47 Å². The number of ether oxygens (including phenoxy) is 1. The van der Waals surface area contributed by atoms with Crippen molar-refractivity contribution in [1.29, 1.82) is 0 Å². The van der Waals surface area contributed by atoms with Crippen LogP contribution in [0.2, 0.25) is 0 Å². The second-order valence-electron chi connectivity index (χ2n) is 9.81. The van der Waals surface area contributed by atoms with Crippen LogP contribution in [0, 0.1) is 5.41 Å². The summed E-state index contributed by atoms with van der Waals surface area (Å²) >= 11 is 0. The van der Waals surface area contributed by atoms with Gasteiger partial charge in [-0.3, -0.25) is 4.79 Å². The molecule has 0 amide bonds. The molecule has 0 aromatic heterocycles. The van der Waals surface area contributed by atoms with Crippen molar-refractivity contribution in [3.05, 3.63) is 17.2 Å². The Labute approximate surface area is 175 Å². The van der Waals surface area contributed by atoms with Crippen LogP contribution in [0.25, 0.3) is 0 Å². The molecule has 0 heterocycles. The Morgan fingerprint density at radius 3 is 2.24 bits per heavy atom. The zero-order valence-corrected chi connectivity index (χ0v) is 18.3. The van der Waals surface area contributed by atoms with Crippen LogP contribution in [-0.4, -0.2) is 27.4 Å². The first-order valence-electron chi connectivity index (χ1n) is 11.0. The Hall–Kier alpha value is -1.91. The van der Waals surface area contributed by atoms with Crippen LogP contribution in [0.3, 0.4) is 0 Å². The Balaban J connectivity index is 1.78. The van der Waals surface area contributed by atoms with Crippen molar-refractivity contribution < 1.29 is 24.9 Å². The number of hydrogen-bond acceptors (Lipinski definition) is 5. The molecule has 0 aliphatic heterocycles. The van der Waals surface area contributed by atoms with Crippen LogP contribution < -0.4 is 0 Å². The molecule has 0 atom stereocenters. The first-order valence-corrected chi connectivity index (χ1v) is 11.0. The lowest BCUT2D eigenvalue weighted by Gasteiger charge is -2.17. The Morgan fingerprint density at radius 1 is 0.966 bits per heavy atom. The van der Waals surface area contributed by atoms with E-state index in [2.05, 4.69) is 20.8 Å². The molecule has 0 bridgehead atoms. The second kappa shape index (κ2) is 10.2. The van der Waals surface area contributed by atoms with Crippen molar-refractivity contribution in [1.82, 2.24) is 0 Å². The van der Waals surface area contributed by atoms with E-state index in [4.69, 9.17) is 4.74 Å². The summed E-state index contributed by atoms with van der Waals surface area (Å²) in [6.45, 7) is 7.24. The van der Waals surface area contributed by atoms with E-state index < -0.39 is 0 Å². The predicted octanol–water partition coefficient (Wildman–Crippen LogP) is 5.76. The van der Waals surface area contributed by atoms with E-state index in [-0.39, 0.29) is 22.8 Å². The summed E-state index contributed by atoms with van der Waals surface area (Å²) in [7, 11) is 0. The second-order valence-corrected chi connectivity index (χ2v) is 9.81. The summed E-state index contributed by atoms with van der Waals surface area (Å²) in [5.74, 6) is -0.212. The number of unbranched alkanes of at least 4 members (excludes halogenated alkanes) is 4. The van der Waals surface area contributed by atoms with Gasteiger partial charge in [0.05, 0.1) is 0 Å². The largest absolute Gasteiger partial charge is 0.508 e. The fraction of sp³-hybridized carbons (Fsp3) is 0.708. The summed E-state index contributed by atoms with van der Waals surface area (Å²) < 4.78 is 5.14. The van der Waals surface area contributed by atoms with Crippen LogP contribution >= 0.6 is 0 Å². The molecule has 0 spiro atoms. The van der Waals surface area contributed by atoms with Gasteiger partial charge in [0.25, 0.3) is 6.47 Å². The minimum Gasteiger partial charge on any atom is -0.508 e. The fourth-order valence-corrected chi connectivity index (χ4v) is 3.92. The number of phenolic OH excluding ortho intramolecular Hbond substituents is 3. The summed E-state index contributed by atoms with van der Waals surface area (Å²) in [4.78, 5) is 10.5. The number of aryl methyl sites for hydroxylation is 1. The number of benzene rings is 1. The summed E-state index contributed by atoms with van der Waals surface area (Å²) in [6.07, 6.45) is 10.9. The van der Waals surface area contributed by atoms with E-state index in [1.54, 1.807) is 6.07 Å². The van der Waals surface area contributed by atoms with E-state index in [0.29, 0.717) is 35.9 Å². The number of carbonyl (C=O) groups excluding carboxylic acids is 1. The summed E-state index contributed by atoms with van der Waals surface area (Å²) in [5.41, 5.74) is 1.14. The van der Waals surface area contributed by atoms with Gasteiger partial charge in [-0.25, -0.2) is 0 Å². The summed E-state index contributed by atoms with van der Waals surface area (Å²) in [5, 5.41) is 31.1. The van der Waals surface area contributed by atoms with Gasteiger partial charge in [-0.05, 0) is 69.3 Å². The van der Waals surface area contributed by atoms with Gasteiger partial charge in [-0.2, -0.15) is 0 Å². The maximum Gasteiger partial charge on any atom is 0.293 e. The zero-order chi connectivity index (χ0) is 21.5. The molecule has 29 heavy (non-hydrogen) atoms. The number of hydrogen-bond donors (Lipinski definition) is 3. The predicted molar refractivity (Wildman–Crippen MR) is 114 cm³/mol. The SMILES string of the molecule is CC(C)(C)CCCCCc1cc(O)c(CCCCCC2(OC=O)CC2)c(O)c1O. The molecule has 0 saturated heterocycles. The molecule has 1 aliphatic rings. The molecule has 2 rings (SSSR count). The number of rotatable bonds is 13. The molecule has 5 nitrogen and oxygen atoms in total. The van der Waals surface area contributed by atoms with Crippen molar-refractivity contribution in [3.63, 3.8) is 0 Å². The van der Waals surface area contributed by atoms with Crippen molar-refractivity contribution in [2.45, 2.75) is 103 Å². The van der Waals surface area contributed by atoms with Crippen LogP contribution in [0.1, 0.15) is 96.1 Å². The lowest BCUT2D eigenvalue weighted by molar-refractivity contribution is -0.135. The quantitative estimate of drug-likeness (QED) is 0.168. The van der Waals surface area contributed by atoms with Gasteiger partial charge in [0.1, 0.15) is 11.4 Å². The number of carbonyl (C=O) groups is 1. The van der Waals surface area contributed by atoms with Crippen molar-refractivity contribution in [2.24, 2.45) is 5.41 Å². The first kappa shape index (κ1) is 23.4. The molecule has 1 fully saturated rings. The van der Waals surface area contributed by atoms with Gasteiger partial charge in [0.15, 0.2) is 11.5 Å². The molecular formula is C24H38O5. The van der Waals surface area contributed by atoms with E-state index in [1.165, 1.54) is 0 Å². The molecular weight excluding hydrogens is 368 g/mol. The molecule has 164 valence electrons. The van der Waals surface area contributed by atoms with Gasteiger partial charge >= 0.3 is 0 Å². The monoisotopic (exact) mass is 406 g/mol. The lowest BCUT2D eigenvalue weighted by atomic mass is 9.89. The number of phenols is 3. The third-order valence-electron chi connectivity index (χ3n) is 5.97. The fourth-order valence-electron chi connectivity index (χ4n) is 3.92. The third kappa shape index (κ3) is 7.45. The number of aromatic hydroxyl groups is 3. The van der Waals surface area contributed by atoms with Crippen LogP contribution in [-0.2, 0) is 22.4 Å². The van der Waals surface area contributed by atoms with E-state index >= 15 is 0 Å². The molecule has 3 N–H and O–H groups in total. The summed E-state index contributed by atoms with van der Waals surface area (Å²) in [6, 6.07) is 1.60. The highest BCUT2D eigenvalue weighted by atomic mass is 16.5. The zero-order valence-electron chi connectivity index (χ0n) is 18.3. The molecule has 1 saturated carbocycles. The van der Waals surface area contributed by atoms with Gasteiger partial charge in [-0.1, -0.05) is 40.0 Å². The van der Waals surface area contributed by atoms with E-state index in [0.717, 1.165) is 64.2 Å². The minimum absolute atomic E-state index is 0.0629. The third-order valence-corrected chi connectivity index (χ3v) is 5.97. The Morgan fingerprint density at radius 2 is 1.62 bits per heavy atom. The van der Waals surface area contributed by atoms with Gasteiger partial charge in [0.2, 0.25) is 0 Å². The standard InChI is InChI=1S/C24H38O5/c1-23(2,3)12-8-4-6-10-18-16-20(26)19(22(28)21(18)27)11-7-5-9-13-24(14-15-24)29-17-25/h16-17,26-28H,4-15H2,1-3H3. The molecule has 1 aliphatic carbocycles. The average Bonchev–Trinajstić information content (AvgIpc) is 3.40. The van der Waals surface area contributed by atoms with Crippen LogP contribution in [0.15, 0.2) is 6.07 Å². The maximum absolute atomic E-state index is 10.5. The minimum atomic E-state index is -0.223. The van der Waals surface area contributed by atoms with Crippen LogP contribution in [0.4, 0.5) is 0 Å². The first-order chi connectivity index (χ1) is 13.7. The molecule has 1 aromatic rings. The lowest BCUT2D eigenvalue weighted by Crippen LogP contribution is -2.12. The van der Waals surface area contributed by atoms with Crippen molar-refractivity contribution in [3.8, 4) is 17.2 Å². The van der Waals surface area contributed by atoms with Crippen molar-refractivity contribution in [2.75, 3.05) is 0 Å². The van der Waals surface area contributed by atoms with Gasteiger partial charge in [-0.15, -0.1) is 0 Å². The normalized spacial score (nSPS) is 15.3. The average molecular weight is 407 g/mol. The molecule has 1 aromatic carbocycles. The Kier molecular flexibility index (Phi) is 8.23. The Bertz CT molecular complexity index is 671. The maximum atomic E-state index is 10.5. The highest BCUT2D eigenvalue weighted by Crippen LogP contribution is 2.44. The molecule has 0 radical (unpaired) electrons. The van der Waals surface area contributed by atoms with E-state index in [9.17, 15) is 20.1 Å². The van der Waals surface area contributed by atoms with Crippen LogP contribution in [0.5, 0.6) is 17.2 Å². The highest BCUT2D eigenvalue weighted by molar-refractivity contribution is 5.56. The van der Waals surface area contributed by atoms with E-state index in [1.807, 2.05) is 0 Å². The van der Waals surface area contributed by atoms with Gasteiger partial charge < -0.3 is 20.1 Å². The molecule has 0 unspecified atom stereocenters. The molecule has 5 heteroatoms. The highest BCUT2D eigenvalue weighted by Gasteiger charge is 2.44. The van der Waals surface area contributed by atoms with Gasteiger partial charge in [0, 0.05) is 11.1 Å². The topological polar surface area (TPSA) is 87.0 Å².